The number of aliphatic hydroxyl groups is 1. The molecule has 0 saturated heterocycles. The normalized spacial score (nSPS) is 21.9. The van der Waals surface area contributed by atoms with E-state index in [2.05, 4.69) is 31.0 Å². The third kappa shape index (κ3) is 5.97. The summed E-state index contributed by atoms with van der Waals surface area (Å²) >= 11 is 1.95. The van der Waals surface area contributed by atoms with E-state index in [1.807, 2.05) is 17.8 Å². The topological polar surface area (TPSA) is 92.8 Å². The van der Waals surface area contributed by atoms with Gasteiger partial charge < -0.3 is 10.8 Å². The molecular weight excluding hydrogens is 396 g/mol. The number of carbonyl (C=O) groups is 2. The maximum atomic E-state index is 13.0. The molecule has 3 atom stereocenters. The van der Waals surface area contributed by atoms with Crippen LogP contribution in [0.4, 0.5) is 0 Å². The average molecular weight is 429 g/mol. The molecule has 2 aliphatic carbocycles. The Morgan fingerprint density at radius 2 is 2.13 bits per heavy atom. The summed E-state index contributed by atoms with van der Waals surface area (Å²) in [4.78, 5) is 30.1. The number of amides is 1. The maximum Gasteiger partial charge on any atom is 0.255 e. The molecule has 1 amide bonds. The SMILES string of the molecule is CCC(C)c1cc([C@@H](C[C@H]2CCC(=O)C2)C(=O)N=C(N)/C=C\O)ccc1SC1CC1. The van der Waals surface area contributed by atoms with Crippen molar-refractivity contribution in [1.29, 1.82) is 0 Å². The molecular formula is C24H32N2O3S. The number of hydrogen-bond acceptors (Lipinski definition) is 4. The second kappa shape index (κ2) is 10.3. The minimum atomic E-state index is -0.436. The van der Waals surface area contributed by atoms with Gasteiger partial charge in [-0.15, -0.1) is 11.8 Å². The van der Waals surface area contributed by atoms with Gasteiger partial charge in [-0.2, -0.15) is 4.99 Å². The lowest BCUT2D eigenvalue weighted by Crippen LogP contribution is -2.19. The molecule has 30 heavy (non-hydrogen) atoms. The van der Waals surface area contributed by atoms with E-state index < -0.39 is 5.92 Å². The number of nitrogens with two attached hydrogens (primary N) is 1. The lowest BCUT2D eigenvalue weighted by Gasteiger charge is -2.21. The van der Waals surface area contributed by atoms with E-state index in [4.69, 9.17) is 10.8 Å². The Bertz CT molecular complexity index is 845. The van der Waals surface area contributed by atoms with Crippen molar-refractivity contribution < 1.29 is 14.7 Å². The Kier molecular flexibility index (Phi) is 7.75. The van der Waals surface area contributed by atoms with Crippen LogP contribution in [-0.4, -0.2) is 27.9 Å². The van der Waals surface area contributed by atoms with Crippen LogP contribution in [0.5, 0.6) is 0 Å². The number of Topliss-reactive ketones (excluding diaryl/α,β-unsaturated/α-hetero) is 1. The van der Waals surface area contributed by atoms with Crippen molar-refractivity contribution >= 4 is 29.3 Å². The van der Waals surface area contributed by atoms with Crippen LogP contribution in [0.2, 0.25) is 0 Å². The Balaban J connectivity index is 1.93. The maximum absolute atomic E-state index is 13.0. The van der Waals surface area contributed by atoms with Gasteiger partial charge >= 0.3 is 0 Å². The van der Waals surface area contributed by atoms with Gasteiger partial charge in [-0.25, -0.2) is 0 Å². The third-order valence-corrected chi connectivity index (χ3v) is 7.53. The second-order valence-electron chi connectivity index (χ2n) is 8.55. The van der Waals surface area contributed by atoms with Gasteiger partial charge in [0.2, 0.25) is 0 Å². The van der Waals surface area contributed by atoms with Gasteiger partial charge in [-0.05, 0) is 61.1 Å². The Hall–Kier alpha value is -2.08. The van der Waals surface area contributed by atoms with Crippen molar-refractivity contribution in [3.8, 4) is 0 Å². The third-order valence-electron chi connectivity index (χ3n) is 6.10. The number of aliphatic imine (C=N–C) groups is 1. The van der Waals surface area contributed by atoms with Crippen LogP contribution in [0.3, 0.4) is 0 Å². The van der Waals surface area contributed by atoms with Gasteiger partial charge in [0, 0.05) is 29.1 Å². The molecule has 1 unspecified atom stereocenters. The zero-order valence-electron chi connectivity index (χ0n) is 17.8. The van der Waals surface area contributed by atoms with E-state index in [1.54, 1.807) is 0 Å². The van der Waals surface area contributed by atoms with Crippen molar-refractivity contribution in [2.75, 3.05) is 0 Å². The first-order valence-electron chi connectivity index (χ1n) is 10.9. The summed E-state index contributed by atoms with van der Waals surface area (Å²) in [5.41, 5.74) is 7.98. The molecule has 162 valence electrons. The van der Waals surface area contributed by atoms with E-state index in [-0.39, 0.29) is 23.4 Å². The molecule has 0 aliphatic heterocycles. The second-order valence-corrected chi connectivity index (χ2v) is 9.89. The molecule has 0 spiro atoms. The first-order valence-corrected chi connectivity index (χ1v) is 11.8. The van der Waals surface area contributed by atoms with Gasteiger partial charge in [0.1, 0.15) is 11.6 Å². The quantitative estimate of drug-likeness (QED) is 0.318. The summed E-state index contributed by atoms with van der Waals surface area (Å²) in [6.45, 7) is 4.41. The number of hydrogen-bond donors (Lipinski definition) is 2. The van der Waals surface area contributed by atoms with Crippen LogP contribution >= 0.6 is 11.8 Å². The molecule has 2 aliphatic rings. The van der Waals surface area contributed by atoms with Crippen molar-refractivity contribution in [2.24, 2.45) is 16.6 Å². The first kappa shape index (κ1) is 22.6. The van der Waals surface area contributed by atoms with Gasteiger partial charge in [-0.3, -0.25) is 9.59 Å². The van der Waals surface area contributed by atoms with Gasteiger partial charge in [0.25, 0.3) is 5.91 Å². The zero-order chi connectivity index (χ0) is 21.7. The van der Waals surface area contributed by atoms with Crippen LogP contribution in [0.1, 0.15) is 81.8 Å². The number of carbonyl (C=O) groups excluding carboxylic acids is 2. The fourth-order valence-corrected chi connectivity index (χ4v) is 5.26. The van der Waals surface area contributed by atoms with E-state index in [1.165, 1.54) is 29.4 Å². The summed E-state index contributed by atoms with van der Waals surface area (Å²) < 4.78 is 0. The highest BCUT2D eigenvalue weighted by Crippen LogP contribution is 2.44. The molecule has 1 aromatic rings. The molecule has 3 N–H and O–H groups in total. The van der Waals surface area contributed by atoms with Crippen molar-refractivity contribution in [1.82, 2.24) is 0 Å². The predicted octanol–water partition coefficient (Wildman–Crippen LogP) is 5.25. The Morgan fingerprint density at radius 3 is 2.73 bits per heavy atom. The largest absolute Gasteiger partial charge is 0.515 e. The lowest BCUT2D eigenvalue weighted by molar-refractivity contribution is -0.120. The smallest absolute Gasteiger partial charge is 0.255 e. The van der Waals surface area contributed by atoms with Crippen LogP contribution in [0.25, 0.3) is 0 Å². The van der Waals surface area contributed by atoms with Crippen LogP contribution < -0.4 is 5.73 Å². The number of aliphatic hydroxyl groups excluding tert-OH is 1. The number of benzene rings is 1. The summed E-state index contributed by atoms with van der Waals surface area (Å²) in [5, 5.41) is 9.62. The molecule has 6 heteroatoms. The fraction of sp³-hybridized carbons (Fsp3) is 0.542. The molecule has 1 aromatic carbocycles. The van der Waals surface area contributed by atoms with Gasteiger partial charge in [0.05, 0.1) is 12.2 Å². The molecule has 0 radical (unpaired) electrons. The number of thioether (sulfide) groups is 1. The van der Waals surface area contributed by atoms with E-state index >= 15 is 0 Å². The molecule has 0 bridgehead atoms. The first-order chi connectivity index (χ1) is 14.4. The van der Waals surface area contributed by atoms with E-state index in [0.717, 1.165) is 29.9 Å². The highest BCUT2D eigenvalue weighted by Gasteiger charge is 2.31. The number of amidine groups is 1. The highest BCUT2D eigenvalue weighted by atomic mass is 32.2. The minimum absolute atomic E-state index is 0.0157. The molecule has 0 aromatic heterocycles. The highest BCUT2D eigenvalue weighted by molar-refractivity contribution is 8.00. The molecule has 5 nitrogen and oxygen atoms in total. The molecule has 2 fully saturated rings. The molecule has 2 saturated carbocycles. The lowest BCUT2D eigenvalue weighted by atomic mass is 9.85. The standard InChI is InChI=1S/C24H32N2O3S/c1-3-15(2)20-14-17(5-9-22(20)30-19-7-8-19)21(13-16-4-6-18(28)12-16)24(29)26-23(25)10-11-27/h5,9-11,14-16,19,21,27H,3-4,6-8,12-13H2,1-2H3,(H2,25,26,29)/b11-10-/t15?,16-,21+/m0/s1. The minimum Gasteiger partial charge on any atom is -0.515 e. The van der Waals surface area contributed by atoms with Crippen molar-refractivity contribution in [3.63, 3.8) is 0 Å². The fourth-order valence-electron chi connectivity index (χ4n) is 3.99. The van der Waals surface area contributed by atoms with Crippen LogP contribution in [0.15, 0.2) is 40.4 Å². The summed E-state index contributed by atoms with van der Waals surface area (Å²) in [5.74, 6) is 0.105. The van der Waals surface area contributed by atoms with Gasteiger partial charge in [0.15, 0.2) is 0 Å². The van der Waals surface area contributed by atoms with E-state index in [0.29, 0.717) is 25.2 Å². The molecule has 0 heterocycles. The van der Waals surface area contributed by atoms with E-state index in [9.17, 15) is 9.59 Å². The number of rotatable bonds is 9. The van der Waals surface area contributed by atoms with Crippen LogP contribution in [0, 0.1) is 5.92 Å². The van der Waals surface area contributed by atoms with Crippen molar-refractivity contribution in [2.45, 2.75) is 80.8 Å². The summed E-state index contributed by atoms with van der Waals surface area (Å²) in [6.07, 6.45) is 8.11. The average Bonchev–Trinajstić information content (AvgIpc) is 3.44. The van der Waals surface area contributed by atoms with Crippen LogP contribution in [-0.2, 0) is 9.59 Å². The Morgan fingerprint density at radius 1 is 1.37 bits per heavy atom. The number of ketones is 1. The molecule has 3 rings (SSSR count). The predicted molar refractivity (Wildman–Crippen MR) is 122 cm³/mol. The zero-order valence-corrected chi connectivity index (χ0v) is 18.7. The summed E-state index contributed by atoms with van der Waals surface area (Å²) in [7, 11) is 0. The van der Waals surface area contributed by atoms with Crippen molar-refractivity contribution in [3.05, 3.63) is 41.7 Å². The monoisotopic (exact) mass is 428 g/mol. The summed E-state index contributed by atoms with van der Waals surface area (Å²) in [6, 6.07) is 6.37. The Labute approximate surface area is 183 Å². The number of nitrogens with zero attached hydrogens (tertiary/aromatic N) is 1. The van der Waals surface area contributed by atoms with Gasteiger partial charge in [-0.1, -0.05) is 26.0 Å².